The maximum Gasteiger partial charge on any atom is 0.325 e. The number of methoxy groups -OCH3 is 1. The van der Waals surface area contributed by atoms with Gasteiger partial charge in [-0.25, -0.2) is 0 Å². The molecule has 0 atom stereocenters. The van der Waals surface area contributed by atoms with Crippen molar-refractivity contribution >= 4 is 17.8 Å². The van der Waals surface area contributed by atoms with Crippen molar-refractivity contribution in [1.82, 2.24) is 10.6 Å². The zero-order valence-corrected chi connectivity index (χ0v) is 15.1. The fourth-order valence-electron chi connectivity index (χ4n) is 2.92. The zero-order valence-electron chi connectivity index (χ0n) is 15.1. The average Bonchev–Trinajstić information content (AvgIpc) is 2.69. The fraction of sp³-hybridized carbons (Fsp3) is 0.526. The Balaban J connectivity index is 1.63. The Hall–Kier alpha value is -2.57. The molecule has 1 fully saturated rings. The summed E-state index contributed by atoms with van der Waals surface area (Å²) in [5.41, 5.74) is 0.377. The number of nitrogens with one attached hydrogen (secondary N) is 2. The molecule has 1 saturated carbocycles. The zero-order chi connectivity index (χ0) is 18.8. The minimum absolute atomic E-state index is 0.300. The Bertz CT molecular complexity index is 626. The third-order valence-electron chi connectivity index (χ3n) is 4.40. The van der Waals surface area contributed by atoms with Crippen LogP contribution in [0.1, 0.15) is 42.5 Å². The van der Waals surface area contributed by atoms with Gasteiger partial charge in [-0.15, -0.1) is 0 Å². The van der Waals surface area contributed by atoms with E-state index in [-0.39, 0.29) is 19.1 Å². The molecule has 0 aromatic heterocycles. The number of benzene rings is 1. The number of amides is 2. The van der Waals surface area contributed by atoms with Crippen molar-refractivity contribution in [3.8, 4) is 5.75 Å². The third-order valence-corrected chi connectivity index (χ3v) is 4.40. The van der Waals surface area contributed by atoms with E-state index < -0.39 is 11.9 Å². The molecule has 1 aliphatic carbocycles. The average molecular weight is 362 g/mol. The Morgan fingerprint density at radius 1 is 1.12 bits per heavy atom. The van der Waals surface area contributed by atoms with Crippen molar-refractivity contribution in [3.05, 3.63) is 29.8 Å². The van der Waals surface area contributed by atoms with E-state index in [0.717, 1.165) is 12.8 Å². The van der Waals surface area contributed by atoms with Crippen molar-refractivity contribution < 1.29 is 23.9 Å². The molecule has 0 saturated heterocycles. The van der Waals surface area contributed by atoms with Crippen LogP contribution >= 0.6 is 0 Å². The summed E-state index contributed by atoms with van der Waals surface area (Å²) >= 11 is 0. The molecule has 26 heavy (non-hydrogen) atoms. The first-order valence-corrected chi connectivity index (χ1v) is 8.93. The monoisotopic (exact) mass is 362 g/mol. The van der Waals surface area contributed by atoms with Crippen LogP contribution in [0.15, 0.2) is 24.3 Å². The van der Waals surface area contributed by atoms with Gasteiger partial charge in [-0.2, -0.15) is 0 Å². The largest absolute Gasteiger partial charge is 0.497 e. The van der Waals surface area contributed by atoms with Crippen molar-refractivity contribution in [3.63, 3.8) is 0 Å². The molecule has 0 aliphatic heterocycles. The lowest BCUT2D eigenvalue weighted by molar-refractivity contribution is -0.147. The number of esters is 1. The highest BCUT2D eigenvalue weighted by molar-refractivity contribution is 5.96. The van der Waals surface area contributed by atoms with Gasteiger partial charge in [0, 0.05) is 12.1 Å². The molecule has 2 amide bonds. The first-order chi connectivity index (χ1) is 12.6. The minimum atomic E-state index is -0.658. The van der Waals surface area contributed by atoms with E-state index in [9.17, 15) is 14.4 Å². The summed E-state index contributed by atoms with van der Waals surface area (Å²) in [6, 6.07) is 6.58. The predicted molar refractivity (Wildman–Crippen MR) is 95.9 cm³/mol. The number of carbonyl (C=O) groups is 3. The molecule has 142 valence electrons. The van der Waals surface area contributed by atoms with Gasteiger partial charge in [-0.1, -0.05) is 25.3 Å². The minimum Gasteiger partial charge on any atom is -0.497 e. The van der Waals surface area contributed by atoms with Gasteiger partial charge in [0.2, 0.25) is 0 Å². The normalized spacial score (nSPS) is 14.3. The van der Waals surface area contributed by atoms with E-state index in [1.165, 1.54) is 26.4 Å². The Morgan fingerprint density at radius 3 is 2.62 bits per heavy atom. The van der Waals surface area contributed by atoms with E-state index in [2.05, 4.69) is 10.6 Å². The van der Waals surface area contributed by atoms with E-state index in [1.54, 1.807) is 24.3 Å². The van der Waals surface area contributed by atoms with Gasteiger partial charge in [0.1, 0.15) is 12.3 Å². The van der Waals surface area contributed by atoms with Crippen molar-refractivity contribution in [2.75, 3.05) is 26.8 Å². The molecule has 0 unspecified atom stereocenters. The van der Waals surface area contributed by atoms with E-state index in [4.69, 9.17) is 9.47 Å². The molecule has 0 radical (unpaired) electrons. The Kier molecular flexibility index (Phi) is 7.92. The molecule has 1 aromatic rings. The lowest BCUT2D eigenvalue weighted by Crippen LogP contribution is -2.36. The van der Waals surface area contributed by atoms with Crippen LogP contribution in [0.3, 0.4) is 0 Å². The van der Waals surface area contributed by atoms with Crippen LogP contribution in [-0.2, 0) is 14.3 Å². The number of hydrogen-bond donors (Lipinski definition) is 2. The van der Waals surface area contributed by atoms with E-state index in [0.29, 0.717) is 23.8 Å². The summed E-state index contributed by atoms with van der Waals surface area (Å²) in [6.07, 6.45) is 5.96. The summed E-state index contributed by atoms with van der Waals surface area (Å²) in [5.74, 6) is -0.319. The maximum absolute atomic E-state index is 12.0. The van der Waals surface area contributed by atoms with E-state index >= 15 is 0 Å². The van der Waals surface area contributed by atoms with Crippen LogP contribution in [-0.4, -0.2) is 44.6 Å². The molecule has 0 spiro atoms. The summed E-state index contributed by atoms with van der Waals surface area (Å²) < 4.78 is 9.93. The number of ether oxygens (including phenoxy) is 2. The summed E-state index contributed by atoms with van der Waals surface area (Å²) in [7, 11) is 1.51. The van der Waals surface area contributed by atoms with Crippen molar-refractivity contribution in [2.24, 2.45) is 5.92 Å². The fourth-order valence-corrected chi connectivity index (χ4v) is 2.92. The van der Waals surface area contributed by atoms with Gasteiger partial charge in [-0.3, -0.25) is 14.4 Å². The number of carbonyl (C=O) groups excluding carboxylic acids is 3. The van der Waals surface area contributed by atoms with Crippen molar-refractivity contribution in [1.29, 1.82) is 0 Å². The standard InChI is InChI=1S/C19H26N2O5/c1-25-16-9-5-8-15(10-16)19(24)21-12-18(23)26-13-17(22)20-11-14-6-3-2-4-7-14/h5,8-10,14H,2-4,6-7,11-13H2,1H3,(H,20,22)(H,21,24). The first-order valence-electron chi connectivity index (χ1n) is 8.93. The van der Waals surface area contributed by atoms with Crippen LogP contribution in [0.4, 0.5) is 0 Å². The molecular weight excluding hydrogens is 336 g/mol. The maximum atomic E-state index is 12.0. The highest BCUT2D eigenvalue weighted by Gasteiger charge is 2.15. The molecule has 7 heteroatoms. The van der Waals surface area contributed by atoms with E-state index in [1.807, 2.05) is 0 Å². The highest BCUT2D eigenvalue weighted by Crippen LogP contribution is 2.22. The second-order valence-corrected chi connectivity index (χ2v) is 6.38. The lowest BCUT2D eigenvalue weighted by Gasteiger charge is -2.21. The quantitative estimate of drug-likeness (QED) is 0.686. The van der Waals surface area contributed by atoms with Crippen LogP contribution in [0.5, 0.6) is 5.75 Å². The lowest BCUT2D eigenvalue weighted by atomic mass is 9.89. The van der Waals surface area contributed by atoms with Gasteiger partial charge in [0.05, 0.1) is 7.11 Å². The molecule has 0 heterocycles. The third kappa shape index (κ3) is 6.74. The number of rotatable bonds is 8. The van der Waals surface area contributed by atoms with Crippen LogP contribution in [0.2, 0.25) is 0 Å². The molecule has 2 rings (SSSR count). The molecule has 7 nitrogen and oxygen atoms in total. The van der Waals surface area contributed by atoms with Gasteiger partial charge in [0.15, 0.2) is 6.61 Å². The van der Waals surface area contributed by atoms with Gasteiger partial charge >= 0.3 is 5.97 Å². The molecule has 1 aliphatic rings. The Morgan fingerprint density at radius 2 is 1.88 bits per heavy atom. The van der Waals surface area contributed by atoms with Crippen LogP contribution in [0.25, 0.3) is 0 Å². The second kappa shape index (κ2) is 10.4. The summed E-state index contributed by atoms with van der Waals surface area (Å²) in [5, 5.41) is 5.25. The molecule has 0 bridgehead atoms. The molecule has 1 aromatic carbocycles. The molecule has 2 N–H and O–H groups in total. The highest BCUT2D eigenvalue weighted by atomic mass is 16.5. The predicted octanol–water partition coefficient (Wildman–Crippen LogP) is 1.66. The van der Waals surface area contributed by atoms with Crippen LogP contribution in [0, 0.1) is 5.92 Å². The topological polar surface area (TPSA) is 93.7 Å². The van der Waals surface area contributed by atoms with Crippen molar-refractivity contribution in [2.45, 2.75) is 32.1 Å². The smallest absolute Gasteiger partial charge is 0.325 e. The molecular formula is C19H26N2O5. The summed E-state index contributed by atoms with van der Waals surface area (Å²) in [4.78, 5) is 35.4. The number of hydrogen-bond acceptors (Lipinski definition) is 5. The first kappa shape index (κ1) is 19.8. The van der Waals surface area contributed by atoms with Gasteiger partial charge < -0.3 is 20.1 Å². The van der Waals surface area contributed by atoms with Gasteiger partial charge in [-0.05, 0) is 37.0 Å². The second-order valence-electron chi connectivity index (χ2n) is 6.38. The SMILES string of the molecule is COc1cccc(C(=O)NCC(=O)OCC(=O)NCC2CCCCC2)c1. The Labute approximate surface area is 153 Å². The summed E-state index contributed by atoms with van der Waals surface area (Å²) in [6.45, 7) is -0.00447. The van der Waals surface area contributed by atoms with Crippen LogP contribution < -0.4 is 15.4 Å². The van der Waals surface area contributed by atoms with Gasteiger partial charge in [0.25, 0.3) is 11.8 Å².